The van der Waals surface area contributed by atoms with Crippen molar-refractivity contribution in [2.75, 3.05) is 20.1 Å². The average Bonchev–Trinajstić information content (AvgIpc) is 2.56. The largest absolute Gasteiger partial charge is 0.314 e. The Bertz CT molecular complexity index is 303. The number of hydrogen-bond acceptors (Lipinski definition) is 4. The maximum Gasteiger partial charge on any atom is 0.107 e. The van der Waals surface area contributed by atoms with Crippen molar-refractivity contribution in [2.24, 2.45) is 0 Å². The van der Waals surface area contributed by atoms with Gasteiger partial charge in [0.15, 0.2) is 0 Å². The molecule has 2 rings (SSSR count). The Morgan fingerprint density at radius 3 is 2.75 bits per heavy atom. The average molecular weight is 239 g/mol. The Morgan fingerprint density at radius 1 is 1.31 bits per heavy atom. The van der Waals surface area contributed by atoms with Gasteiger partial charge < -0.3 is 5.32 Å². The van der Waals surface area contributed by atoms with E-state index in [4.69, 9.17) is 0 Å². The molecule has 16 heavy (non-hydrogen) atoms. The molecule has 2 heterocycles. The van der Waals surface area contributed by atoms with E-state index in [-0.39, 0.29) is 0 Å². The van der Waals surface area contributed by atoms with E-state index in [2.05, 4.69) is 20.6 Å². The highest BCUT2D eigenvalue weighted by Crippen LogP contribution is 2.16. The van der Waals surface area contributed by atoms with Crippen molar-refractivity contribution in [3.63, 3.8) is 0 Å². The van der Waals surface area contributed by atoms with Crippen LogP contribution in [0.4, 0.5) is 0 Å². The lowest BCUT2D eigenvalue weighted by Gasteiger charge is -2.17. The van der Waals surface area contributed by atoms with Gasteiger partial charge in [-0.05, 0) is 33.0 Å². The molecule has 0 spiro atoms. The normalized spacial score (nSPS) is 18.6. The van der Waals surface area contributed by atoms with Gasteiger partial charge in [0.1, 0.15) is 5.01 Å². The third-order valence-corrected chi connectivity index (χ3v) is 3.90. The fourth-order valence-electron chi connectivity index (χ4n) is 2.17. The fourth-order valence-corrected chi connectivity index (χ4v) is 3.00. The van der Waals surface area contributed by atoms with Gasteiger partial charge in [-0.15, -0.1) is 11.3 Å². The minimum atomic E-state index is 0.885. The van der Waals surface area contributed by atoms with Crippen LogP contribution in [0, 0.1) is 0 Å². The van der Waals surface area contributed by atoms with Crippen molar-refractivity contribution < 1.29 is 0 Å². The SMILES string of the molecule is CNCc1csc(CN2CCCCCC2)n1. The molecular weight excluding hydrogens is 218 g/mol. The molecular formula is C12H21N3S. The molecule has 0 unspecified atom stereocenters. The molecule has 1 aliphatic heterocycles. The summed E-state index contributed by atoms with van der Waals surface area (Å²) >= 11 is 1.80. The molecule has 1 saturated heterocycles. The molecule has 0 amide bonds. The van der Waals surface area contributed by atoms with Crippen LogP contribution in [-0.4, -0.2) is 30.0 Å². The third kappa shape index (κ3) is 3.54. The first kappa shape index (κ1) is 12.0. The molecule has 1 aromatic heterocycles. The van der Waals surface area contributed by atoms with Crippen molar-refractivity contribution in [3.8, 4) is 0 Å². The van der Waals surface area contributed by atoms with Gasteiger partial charge in [0.2, 0.25) is 0 Å². The number of nitrogens with one attached hydrogen (secondary N) is 1. The van der Waals surface area contributed by atoms with E-state index in [0.717, 1.165) is 13.1 Å². The molecule has 0 bridgehead atoms. The minimum absolute atomic E-state index is 0.885. The Labute approximate surface area is 102 Å². The summed E-state index contributed by atoms with van der Waals surface area (Å²) in [6.07, 6.45) is 5.52. The zero-order chi connectivity index (χ0) is 11.2. The molecule has 0 saturated carbocycles. The Morgan fingerprint density at radius 2 is 2.06 bits per heavy atom. The molecule has 1 aromatic rings. The second-order valence-corrected chi connectivity index (χ2v) is 5.40. The highest BCUT2D eigenvalue weighted by atomic mass is 32.1. The van der Waals surface area contributed by atoms with Gasteiger partial charge in [0.05, 0.1) is 12.2 Å². The molecule has 1 N–H and O–H groups in total. The van der Waals surface area contributed by atoms with Crippen LogP contribution in [0.5, 0.6) is 0 Å². The number of hydrogen-bond donors (Lipinski definition) is 1. The summed E-state index contributed by atoms with van der Waals surface area (Å²) in [6, 6.07) is 0. The predicted molar refractivity (Wildman–Crippen MR) is 68.6 cm³/mol. The van der Waals surface area contributed by atoms with E-state index in [0.29, 0.717) is 0 Å². The quantitative estimate of drug-likeness (QED) is 0.873. The van der Waals surface area contributed by atoms with Crippen LogP contribution in [0.25, 0.3) is 0 Å². The Kier molecular flexibility index (Phi) is 4.75. The second kappa shape index (κ2) is 6.33. The van der Waals surface area contributed by atoms with Crippen LogP contribution >= 0.6 is 11.3 Å². The summed E-state index contributed by atoms with van der Waals surface area (Å²) in [5.74, 6) is 0. The first-order valence-corrected chi connectivity index (χ1v) is 7.06. The summed E-state index contributed by atoms with van der Waals surface area (Å²) in [6.45, 7) is 4.44. The molecule has 0 aliphatic carbocycles. The lowest BCUT2D eigenvalue weighted by atomic mass is 10.2. The van der Waals surface area contributed by atoms with Gasteiger partial charge in [0, 0.05) is 11.9 Å². The number of nitrogens with zero attached hydrogens (tertiary/aromatic N) is 2. The number of likely N-dealkylation sites (tertiary alicyclic amines) is 1. The minimum Gasteiger partial charge on any atom is -0.314 e. The first-order valence-electron chi connectivity index (χ1n) is 6.19. The van der Waals surface area contributed by atoms with E-state index in [1.165, 1.54) is 49.5 Å². The van der Waals surface area contributed by atoms with Gasteiger partial charge in [0.25, 0.3) is 0 Å². The molecule has 1 fully saturated rings. The first-order chi connectivity index (χ1) is 7.88. The molecule has 0 aromatic carbocycles. The van der Waals surface area contributed by atoms with Gasteiger partial charge >= 0.3 is 0 Å². The zero-order valence-electron chi connectivity index (χ0n) is 10.0. The van der Waals surface area contributed by atoms with Crippen molar-refractivity contribution in [2.45, 2.75) is 38.8 Å². The fraction of sp³-hybridized carbons (Fsp3) is 0.750. The highest BCUT2D eigenvalue weighted by Gasteiger charge is 2.11. The van der Waals surface area contributed by atoms with E-state index >= 15 is 0 Å². The maximum absolute atomic E-state index is 4.64. The lowest BCUT2D eigenvalue weighted by Crippen LogP contribution is -2.23. The monoisotopic (exact) mass is 239 g/mol. The van der Waals surface area contributed by atoms with Gasteiger partial charge in [-0.2, -0.15) is 0 Å². The van der Waals surface area contributed by atoms with Crippen molar-refractivity contribution in [1.82, 2.24) is 15.2 Å². The van der Waals surface area contributed by atoms with Gasteiger partial charge in [-0.3, -0.25) is 4.90 Å². The van der Waals surface area contributed by atoms with E-state index in [9.17, 15) is 0 Å². The predicted octanol–water partition coefficient (Wildman–Crippen LogP) is 2.24. The van der Waals surface area contributed by atoms with E-state index in [1.807, 2.05) is 7.05 Å². The molecule has 0 radical (unpaired) electrons. The van der Waals surface area contributed by atoms with Gasteiger partial charge in [-0.1, -0.05) is 12.8 Å². The molecule has 90 valence electrons. The maximum atomic E-state index is 4.64. The third-order valence-electron chi connectivity index (χ3n) is 3.01. The zero-order valence-corrected chi connectivity index (χ0v) is 10.9. The Hall–Kier alpha value is -0.450. The van der Waals surface area contributed by atoms with Gasteiger partial charge in [-0.25, -0.2) is 4.98 Å². The van der Waals surface area contributed by atoms with Crippen LogP contribution in [0.2, 0.25) is 0 Å². The molecule has 1 aliphatic rings. The molecule has 4 heteroatoms. The number of rotatable bonds is 4. The van der Waals surface area contributed by atoms with Crippen LogP contribution in [0.15, 0.2) is 5.38 Å². The molecule has 3 nitrogen and oxygen atoms in total. The summed E-state index contributed by atoms with van der Waals surface area (Å²) in [5, 5.41) is 6.58. The van der Waals surface area contributed by atoms with Crippen LogP contribution < -0.4 is 5.32 Å². The summed E-state index contributed by atoms with van der Waals surface area (Å²) in [5.41, 5.74) is 1.18. The number of aromatic nitrogens is 1. The molecule has 0 atom stereocenters. The van der Waals surface area contributed by atoms with Crippen molar-refractivity contribution in [3.05, 3.63) is 16.1 Å². The summed E-state index contributed by atoms with van der Waals surface area (Å²) in [7, 11) is 1.97. The smallest absolute Gasteiger partial charge is 0.107 e. The van der Waals surface area contributed by atoms with Crippen LogP contribution in [-0.2, 0) is 13.1 Å². The highest BCUT2D eigenvalue weighted by molar-refractivity contribution is 7.09. The summed E-state index contributed by atoms with van der Waals surface area (Å²) in [4.78, 5) is 7.19. The number of thiazole rings is 1. The summed E-state index contributed by atoms with van der Waals surface area (Å²) < 4.78 is 0. The van der Waals surface area contributed by atoms with Crippen molar-refractivity contribution >= 4 is 11.3 Å². The standard InChI is InChI=1S/C12H21N3S/c1-13-8-11-10-16-12(14-11)9-15-6-4-2-3-5-7-15/h10,13H,2-9H2,1H3. The second-order valence-electron chi connectivity index (χ2n) is 4.45. The topological polar surface area (TPSA) is 28.2 Å². The van der Waals surface area contributed by atoms with Crippen molar-refractivity contribution in [1.29, 1.82) is 0 Å². The lowest BCUT2D eigenvalue weighted by molar-refractivity contribution is 0.276. The van der Waals surface area contributed by atoms with E-state index < -0.39 is 0 Å². The Balaban J connectivity index is 1.86. The van der Waals surface area contributed by atoms with E-state index in [1.54, 1.807) is 11.3 Å². The van der Waals surface area contributed by atoms with Crippen LogP contribution in [0.3, 0.4) is 0 Å². The van der Waals surface area contributed by atoms with Crippen LogP contribution in [0.1, 0.15) is 36.4 Å².